The van der Waals surface area contributed by atoms with Crippen LogP contribution in [0.15, 0.2) is 79.4 Å². The first-order valence-corrected chi connectivity index (χ1v) is 10.3. The molecular formula is C25H17FO5S. The Balaban J connectivity index is 1.81. The topological polar surface area (TPSA) is 61.8 Å². The lowest BCUT2D eigenvalue weighted by atomic mass is 10.1. The minimum absolute atomic E-state index is 0.168. The zero-order valence-corrected chi connectivity index (χ0v) is 17.8. The van der Waals surface area contributed by atoms with Crippen LogP contribution in [-0.2, 0) is 4.79 Å². The average molecular weight is 448 g/mol. The predicted octanol–water partition coefficient (Wildman–Crippen LogP) is 6.16. The number of methoxy groups -OCH3 is 1. The number of hydrogen-bond acceptors (Lipinski definition) is 6. The maximum Gasteiger partial charge on any atom is 0.335 e. The molecule has 0 N–H and O–H groups in total. The second-order valence-electron chi connectivity index (χ2n) is 6.63. The standard InChI is InChI=1S/C25H17FO5S/c1-3-22(27)30-19-6-4-5-7-20(19)31-24-18-13-10-16(26)14-21(18)32-25(24)23(28)15-8-11-17(29-2)12-9-15/h3-14H,1H2,2H3. The molecule has 1 heterocycles. The number of hydrogen-bond donors (Lipinski definition) is 0. The number of para-hydroxylation sites is 2. The van der Waals surface area contributed by atoms with Crippen LogP contribution in [0.4, 0.5) is 4.39 Å². The average Bonchev–Trinajstić information content (AvgIpc) is 3.17. The van der Waals surface area contributed by atoms with Gasteiger partial charge in [0.2, 0.25) is 5.78 Å². The lowest BCUT2D eigenvalue weighted by Crippen LogP contribution is -2.05. The molecular weight excluding hydrogens is 431 g/mol. The molecule has 0 bridgehead atoms. The van der Waals surface area contributed by atoms with Gasteiger partial charge >= 0.3 is 5.97 Å². The van der Waals surface area contributed by atoms with Gasteiger partial charge in [-0.15, -0.1) is 11.3 Å². The van der Waals surface area contributed by atoms with Crippen molar-refractivity contribution in [1.82, 2.24) is 0 Å². The van der Waals surface area contributed by atoms with Gasteiger partial charge in [0.15, 0.2) is 17.2 Å². The number of benzene rings is 3. The maximum atomic E-state index is 13.9. The van der Waals surface area contributed by atoms with Gasteiger partial charge in [-0.2, -0.15) is 0 Å². The number of carbonyl (C=O) groups is 2. The highest BCUT2D eigenvalue weighted by Gasteiger charge is 2.23. The number of carbonyl (C=O) groups excluding carboxylic acids is 2. The third kappa shape index (κ3) is 4.24. The molecule has 160 valence electrons. The molecule has 0 fully saturated rings. The maximum absolute atomic E-state index is 13.9. The van der Waals surface area contributed by atoms with E-state index < -0.39 is 11.8 Å². The zero-order chi connectivity index (χ0) is 22.7. The van der Waals surface area contributed by atoms with Crippen LogP contribution in [0, 0.1) is 5.82 Å². The summed E-state index contributed by atoms with van der Waals surface area (Å²) >= 11 is 1.12. The van der Waals surface area contributed by atoms with Gasteiger partial charge in [0.05, 0.1) is 7.11 Å². The molecule has 32 heavy (non-hydrogen) atoms. The molecule has 0 atom stereocenters. The van der Waals surface area contributed by atoms with Gasteiger partial charge in [-0.25, -0.2) is 9.18 Å². The first kappa shape index (κ1) is 21.3. The molecule has 7 heteroatoms. The molecule has 0 aliphatic heterocycles. The minimum Gasteiger partial charge on any atom is -0.497 e. The highest BCUT2D eigenvalue weighted by Crippen LogP contribution is 2.43. The molecule has 4 rings (SSSR count). The Kier molecular flexibility index (Phi) is 6.00. The number of ketones is 1. The smallest absolute Gasteiger partial charge is 0.335 e. The fraction of sp³-hybridized carbons (Fsp3) is 0.0400. The summed E-state index contributed by atoms with van der Waals surface area (Å²) in [6, 6.07) is 17.4. The van der Waals surface area contributed by atoms with Crippen molar-refractivity contribution in [2.45, 2.75) is 0 Å². The van der Waals surface area contributed by atoms with E-state index in [9.17, 15) is 14.0 Å². The fourth-order valence-electron chi connectivity index (χ4n) is 3.05. The number of rotatable bonds is 7. The van der Waals surface area contributed by atoms with Gasteiger partial charge in [0.25, 0.3) is 0 Å². The summed E-state index contributed by atoms with van der Waals surface area (Å²) in [5.74, 6) is -0.0775. The summed E-state index contributed by atoms with van der Waals surface area (Å²) in [6.07, 6.45) is 1.04. The Morgan fingerprint density at radius 1 is 1.00 bits per heavy atom. The van der Waals surface area contributed by atoms with Gasteiger partial charge < -0.3 is 14.2 Å². The quantitative estimate of drug-likeness (QED) is 0.147. The monoisotopic (exact) mass is 448 g/mol. The van der Waals surface area contributed by atoms with Crippen LogP contribution in [0.25, 0.3) is 10.1 Å². The van der Waals surface area contributed by atoms with Crippen LogP contribution < -0.4 is 14.2 Å². The second kappa shape index (κ2) is 9.03. The van der Waals surface area contributed by atoms with Crippen LogP contribution in [0.2, 0.25) is 0 Å². The van der Waals surface area contributed by atoms with Crippen molar-refractivity contribution < 1.29 is 28.2 Å². The normalized spacial score (nSPS) is 10.6. The predicted molar refractivity (Wildman–Crippen MR) is 121 cm³/mol. The van der Waals surface area contributed by atoms with E-state index >= 15 is 0 Å². The highest BCUT2D eigenvalue weighted by atomic mass is 32.1. The van der Waals surface area contributed by atoms with E-state index in [1.54, 1.807) is 61.7 Å². The number of halogens is 1. The van der Waals surface area contributed by atoms with Crippen LogP contribution in [-0.4, -0.2) is 18.9 Å². The molecule has 0 aliphatic carbocycles. The van der Waals surface area contributed by atoms with Crippen LogP contribution >= 0.6 is 11.3 Å². The highest BCUT2D eigenvalue weighted by molar-refractivity contribution is 7.21. The molecule has 0 aliphatic rings. The number of ether oxygens (including phenoxy) is 3. The summed E-state index contributed by atoms with van der Waals surface area (Å²) in [5, 5.41) is 0.568. The summed E-state index contributed by atoms with van der Waals surface area (Å²) in [4.78, 5) is 25.3. The van der Waals surface area contributed by atoms with E-state index in [1.807, 2.05) is 0 Å². The Morgan fingerprint density at radius 2 is 1.72 bits per heavy atom. The minimum atomic E-state index is -0.646. The summed E-state index contributed by atoms with van der Waals surface area (Å²) < 4.78 is 30.9. The molecule has 0 amide bonds. The van der Waals surface area contributed by atoms with Crippen LogP contribution in [0.3, 0.4) is 0 Å². The van der Waals surface area contributed by atoms with Gasteiger partial charge in [0.1, 0.15) is 16.4 Å². The Morgan fingerprint density at radius 3 is 2.41 bits per heavy atom. The third-order valence-corrected chi connectivity index (χ3v) is 5.74. The van der Waals surface area contributed by atoms with Gasteiger partial charge in [-0.05, 0) is 54.6 Å². The molecule has 4 aromatic rings. The van der Waals surface area contributed by atoms with E-state index in [1.165, 1.54) is 12.1 Å². The van der Waals surface area contributed by atoms with Gasteiger partial charge in [-0.1, -0.05) is 18.7 Å². The third-order valence-electron chi connectivity index (χ3n) is 4.60. The van der Waals surface area contributed by atoms with Crippen molar-refractivity contribution in [3.05, 3.63) is 95.6 Å². The van der Waals surface area contributed by atoms with E-state index in [-0.39, 0.29) is 23.0 Å². The molecule has 5 nitrogen and oxygen atoms in total. The lowest BCUT2D eigenvalue weighted by molar-refractivity contribution is -0.129. The molecule has 3 aromatic carbocycles. The summed E-state index contributed by atoms with van der Waals surface area (Å²) in [6.45, 7) is 3.39. The Labute approximate surface area is 187 Å². The van der Waals surface area contributed by atoms with Crippen molar-refractivity contribution >= 4 is 33.2 Å². The van der Waals surface area contributed by atoms with Crippen LogP contribution in [0.1, 0.15) is 15.2 Å². The van der Waals surface area contributed by atoms with Crippen molar-refractivity contribution in [2.24, 2.45) is 0 Å². The Bertz CT molecular complexity index is 1320. The van der Waals surface area contributed by atoms with E-state index in [4.69, 9.17) is 14.2 Å². The molecule has 0 saturated heterocycles. The van der Waals surface area contributed by atoms with Crippen molar-refractivity contribution in [3.8, 4) is 23.0 Å². The molecule has 0 spiro atoms. The number of esters is 1. The molecule has 0 radical (unpaired) electrons. The zero-order valence-electron chi connectivity index (χ0n) is 17.0. The number of thiophene rings is 1. The molecule has 1 aromatic heterocycles. The summed E-state index contributed by atoms with van der Waals surface area (Å²) in [7, 11) is 1.54. The van der Waals surface area contributed by atoms with E-state index in [0.717, 1.165) is 17.4 Å². The largest absolute Gasteiger partial charge is 0.497 e. The van der Waals surface area contributed by atoms with Crippen LogP contribution in [0.5, 0.6) is 23.0 Å². The second-order valence-corrected chi connectivity index (χ2v) is 7.68. The first-order chi connectivity index (χ1) is 15.5. The Hall–Kier alpha value is -3.97. The summed E-state index contributed by atoms with van der Waals surface area (Å²) in [5.41, 5.74) is 0.425. The fourth-order valence-corrected chi connectivity index (χ4v) is 4.17. The van der Waals surface area contributed by atoms with Gasteiger partial charge in [0, 0.05) is 21.7 Å². The van der Waals surface area contributed by atoms with E-state index in [2.05, 4.69) is 6.58 Å². The number of fused-ring (bicyclic) bond motifs is 1. The lowest BCUT2D eigenvalue weighted by Gasteiger charge is -2.11. The first-order valence-electron chi connectivity index (χ1n) is 9.52. The van der Waals surface area contributed by atoms with Crippen molar-refractivity contribution in [1.29, 1.82) is 0 Å². The van der Waals surface area contributed by atoms with E-state index in [0.29, 0.717) is 26.3 Å². The molecule has 0 unspecified atom stereocenters. The van der Waals surface area contributed by atoms with Crippen molar-refractivity contribution in [2.75, 3.05) is 7.11 Å². The SMILES string of the molecule is C=CC(=O)Oc1ccccc1Oc1c(C(=O)c2ccc(OC)cc2)sc2cc(F)ccc12. The van der Waals surface area contributed by atoms with Gasteiger partial charge in [-0.3, -0.25) is 4.79 Å². The van der Waals surface area contributed by atoms with Crippen molar-refractivity contribution in [3.63, 3.8) is 0 Å². The molecule has 0 saturated carbocycles.